The van der Waals surface area contributed by atoms with Crippen molar-refractivity contribution in [2.75, 3.05) is 25.1 Å². The third-order valence-electron chi connectivity index (χ3n) is 4.95. The van der Waals surface area contributed by atoms with E-state index in [-0.39, 0.29) is 11.9 Å². The van der Waals surface area contributed by atoms with Gasteiger partial charge in [-0.1, -0.05) is 0 Å². The Morgan fingerprint density at radius 3 is 2.78 bits per heavy atom. The van der Waals surface area contributed by atoms with Crippen LogP contribution in [0.1, 0.15) is 51.5 Å². The molecule has 0 bridgehead atoms. The summed E-state index contributed by atoms with van der Waals surface area (Å²) in [5.74, 6) is 3.21. The van der Waals surface area contributed by atoms with Crippen molar-refractivity contribution in [1.82, 2.24) is 25.1 Å². The van der Waals surface area contributed by atoms with E-state index in [1.54, 1.807) is 0 Å². The first-order valence-corrected chi connectivity index (χ1v) is 9.79. The van der Waals surface area contributed by atoms with Crippen molar-refractivity contribution in [3.8, 4) is 0 Å². The van der Waals surface area contributed by atoms with Crippen LogP contribution in [0.5, 0.6) is 0 Å². The number of methoxy groups -OCH3 is 1. The minimum atomic E-state index is -0.327. The summed E-state index contributed by atoms with van der Waals surface area (Å²) in [7, 11) is 1.40. The van der Waals surface area contributed by atoms with Gasteiger partial charge in [-0.15, -0.1) is 11.3 Å². The number of anilines is 1. The normalized spacial score (nSPS) is 17.5. The number of nitrogens with one attached hydrogen (secondary N) is 1. The second-order valence-corrected chi connectivity index (χ2v) is 7.89. The van der Waals surface area contributed by atoms with Crippen molar-refractivity contribution in [2.24, 2.45) is 0 Å². The van der Waals surface area contributed by atoms with Crippen molar-refractivity contribution >= 4 is 33.3 Å². The lowest BCUT2D eigenvalue weighted by Gasteiger charge is -2.33. The Hall–Kier alpha value is -2.55. The highest BCUT2D eigenvalue weighted by Gasteiger charge is 2.28. The molecule has 0 aliphatic carbocycles. The van der Waals surface area contributed by atoms with Crippen LogP contribution in [0.25, 0.3) is 10.2 Å². The van der Waals surface area contributed by atoms with E-state index in [9.17, 15) is 4.79 Å². The van der Waals surface area contributed by atoms with E-state index in [4.69, 9.17) is 9.72 Å². The molecule has 142 valence electrons. The number of H-pyrrole nitrogens is 1. The molecule has 9 heteroatoms. The minimum absolute atomic E-state index is 0.257. The second kappa shape index (κ2) is 6.88. The first kappa shape index (κ1) is 17.8. The summed E-state index contributed by atoms with van der Waals surface area (Å²) in [6, 6.07) is 0. The molecule has 0 radical (unpaired) electrons. The molecule has 8 nitrogen and oxygen atoms in total. The quantitative estimate of drug-likeness (QED) is 0.691. The molecule has 0 aromatic carbocycles. The maximum Gasteiger partial charge on any atom is 0.348 e. The maximum absolute atomic E-state index is 12.1. The molecular formula is C18H22N6O2S. The fourth-order valence-electron chi connectivity index (χ4n) is 3.66. The number of esters is 1. The van der Waals surface area contributed by atoms with Gasteiger partial charge in [-0.2, -0.15) is 5.10 Å². The number of hydrogen-bond acceptors (Lipinski definition) is 8. The van der Waals surface area contributed by atoms with Crippen LogP contribution in [0.3, 0.4) is 0 Å². The predicted octanol–water partition coefficient (Wildman–Crippen LogP) is 2.91. The molecule has 1 atom stereocenters. The number of carbonyl (C=O) groups is 1. The minimum Gasteiger partial charge on any atom is -0.465 e. The van der Waals surface area contributed by atoms with Crippen LogP contribution >= 0.6 is 11.3 Å². The molecule has 27 heavy (non-hydrogen) atoms. The number of carbonyl (C=O) groups excluding carboxylic acids is 1. The monoisotopic (exact) mass is 386 g/mol. The molecule has 0 amide bonds. The van der Waals surface area contributed by atoms with Gasteiger partial charge in [-0.25, -0.2) is 19.7 Å². The van der Waals surface area contributed by atoms with E-state index in [0.29, 0.717) is 10.7 Å². The SMILES string of the molecule is COC(=O)c1sc2nc(C)nc(N3CCCC(c4n[nH]c(C)n4)C3)c2c1C. The zero-order valence-corrected chi connectivity index (χ0v) is 16.7. The Balaban J connectivity index is 1.76. The Bertz CT molecular complexity index is 1010. The Morgan fingerprint density at radius 1 is 1.26 bits per heavy atom. The van der Waals surface area contributed by atoms with Crippen LogP contribution in [-0.2, 0) is 4.74 Å². The van der Waals surface area contributed by atoms with Crippen molar-refractivity contribution in [3.63, 3.8) is 0 Å². The number of hydrogen-bond donors (Lipinski definition) is 1. The van der Waals surface area contributed by atoms with Gasteiger partial charge in [-0.05, 0) is 39.2 Å². The molecular weight excluding hydrogens is 364 g/mol. The Morgan fingerprint density at radius 2 is 2.07 bits per heavy atom. The van der Waals surface area contributed by atoms with Gasteiger partial charge in [0.2, 0.25) is 0 Å². The number of aromatic nitrogens is 5. The third kappa shape index (κ3) is 3.16. The molecule has 0 spiro atoms. The largest absolute Gasteiger partial charge is 0.465 e. The van der Waals surface area contributed by atoms with Gasteiger partial charge < -0.3 is 9.64 Å². The van der Waals surface area contributed by atoms with Gasteiger partial charge in [0.25, 0.3) is 0 Å². The molecule has 1 aliphatic heterocycles. The molecule has 1 saturated heterocycles. The predicted molar refractivity (Wildman–Crippen MR) is 104 cm³/mol. The smallest absolute Gasteiger partial charge is 0.348 e. The van der Waals surface area contributed by atoms with Crippen molar-refractivity contribution in [2.45, 2.75) is 39.5 Å². The van der Waals surface area contributed by atoms with E-state index < -0.39 is 0 Å². The van der Waals surface area contributed by atoms with Gasteiger partial charge in [0.1, 0.15) is 27.2 Å². The zero-order chi connectivity index (χ0) is 19.1. The van der Waals surface area contributed by atoms with Gasteiger partial charge >= 0.3 is 5.97 Å². The number of fused-ring (bicyclic) bond motifs is 1. The van der Waals surface area contributed by atoms with Gasteiger partial charge in [0.15, 0.2) is 5.82 Å². The average molecular weight is 386 g/mol. The number of nitrogens with zero attached hydrogens (tertiary/aromatic N) is 5. The summed E-state index contributed by atoms with van der Waals surface area (Å²) in [5, 5.41) is 8.23. The third-order valence-corrected chi connectivity index (χ3v) is 6.12. The Kier molecular flexibility index (Phi) is 4.55. The average Bonchev–Trinajstić information content (AvgIpc) is 3.24. The number of aromatic amines is 1. The van der Waals surface area contributed by atoms with Crippen LogP contribution in [-0.4, -0.2) is 51.3 Å². The first-order valence-electron chi connectivity index (χ1n) is 8.97. The van der Waals surface area contributed by atoms with Gasteiger partial charge in [0.05, 0.1) is 12.5 Å². The zero-order valence-electron chi connectivity index (χ0n) is 15.9. The van der Waals surface area contributed by atoms with E-state index in [1.165, 1.54) is 18.4 Å². The molecule has 4 heterocycles. The molecule has 1 aliphatic rings. The molecule has 3 aromatic rings. The fraction of sp³-hybridized carbons (Fsp3) is 0.500. The van der Waals surface area contributed by atoms with Crippen molar-refractivity contribution < 1.29 is 9.53 Å². The number of aryl methyl sites for hydroxylation is 3. The lowest BCUT2D eigenvalue weighted by atomic mass is 9.97. The van der Waals surface area contributed by atoms with E-state index >= 15 is 0 Å². The molecule has 1 fully saturated rings. The second-order valence-electron chi connectivity index (χ2n) is 6.89. The summed E-state index contributed by atoms with van der Waals surface area (Å²) in [4.78, 5) is 29.6. The molecule has 3 aromatic heterocycles. The molecule has 1 unspecified atom stereocenters. The molecule has 1 N–H and O–H groups in total. The van der Waals surface area contributed by atoms with Gasteiger partial charge in [0, 0.05) is 19.0 Å². The molecule has 4 rings (SSSR count). The maximum atomic E-state index is 12.1. The Labute approximate surface area is 161 Å². The number of thiophene rings is 1. The number of piperidine rings is 1. The summed E-state index contributed by atoms with van der Waals surface area (Å²) in [6.45, 7) is 7.45. The lowest BCUT2D eigenvalue weighted by Crippen LogP contribution is -2.35. The highest BCUT2D eigenvalue weighted by Crippen LogP contribution is 2.38. The summed E-state index contributed by atoms with van der Waals surface area (Å²) < 4.78 is 4.93. The van der Waals surface area contributed by atoms with Crippen molar-refractivity contribution in [3.05, 3.63) is 27.9 Å². The van der Waals surface area contributed by atoms with Crippen LogP contribution in [0.4, 0.5) is 5.82 Å². The number of rotatable bonds is 3. The van der Waals surface area contributed by atoms with Crippen LogP contribution < -0.4 is 4.90 Å². The first-order chi connectivity index (χ1) is 13.0. The van der Waals surface area contributed by atoms with Crippen LogP contribution in [0, 0.1) is 20.8 Å². The summed E-state index contributed by atoms with van der Waals surface area (Å²) in [6.07, 6.45) is 2.09. The lowest BCUT2D eigenvalue weighted by molar-refractivity contribution is 0.0605. The molecule has 0 saturated carbocycles. The van der Waals surface area contributed by atoms with E-state index in [0.717, 1.165) is 59.2 Å². The standard InChI is InChI=1S/C18H22N6O2S/c1-9-13-16(20-10(2)21-17(13)27-14(9)18(25)26-4)24-7-5-6-12(8-24)15-19-11(3)22-23-15/h12H,5-8H2,1-4H3,(H,19,22,23). The summed E-state index contributed by atoms with van der Waals surface area (Å²) in [5.41, 5.74) is 0.882. The summed E-state index contributed by atoms with van der Waals surface area (Å²) >= 11 is 1.37. The topological polar surface area (TPSA) is 96.9 Å². The van der Waals surface area contributed by atoms with E-state index in [1.807, 2.05) is 20.8 Å². The number of ether oxygens (including phenoxy) is 1. The van der Waals surface area contributed by atoms with Crippen molar-refractivity contribution in [1.29, 1.82) is 0 Å². The van der Waals surface area contributed by atoms with Crippen LogP contribution in [0.15, 0.2) is 0 Å². The highest BCUT2D eigenvalue weighted by atomic mass is 32.1. The highest BCUT2D eigenvalue weighted by molar-refractivity contribution is 7.20. The van der Waals surface area contributed by atoms with E-state index in [2.05, 4.69) is 25.1 Å². The van der Waals surface area contributed by atoms with Gasteiger partial charge in [-0.3, -0.25) is 5.10 Å². The van der Waals surface area contributed by atoms with Crippen LogP contribution in [0.2, 0.25) is 0 Å². The fourth-order valence-corrected chi connectivity index (χ4v) is 4.80.